The largest absolute Gasteiger partial charge is 0.348 e. The highest BCUT2D eigenvalue weighted by atomic mass is 19.1. The van der Waals surface area contributed by atoms with Gasteiger partial charge >= 0.3 is 0 Å². The molecule has 0 spiro atoms. The Morgan fingerprint density at radius 2 is 1.84 bits per heavy atom. The van der Waals surface area contributed by atoms with Crippen LogP contribution in [0.2, 0.25) is 0 Å². The summed E-state index contributed by atoms with van der Waals surface area (Å²) in [7, 11) is 0. The maximum atomic E-state index is 13.6. The van der Waals surface area contributed by atoms with Crippen LogP contribution in [-0.4, -0.2) is 21.9 Å². The van der Waals surface area contributed by atoms with Crippen LogP contribution in [0.5, 0.6) is 0 Å². The molecule has 0 bridgehead atoms. The van der Waals surface area contributed by atoms with E-state index in [1.165, 1.54) is 6.07 Å². The lowest BCUT2D eigenvalue weighted by Gasteiger charge is -2.37. The maximum Gasteiger partial charge on any atom is 0.254 e. The molecular weight excluding hydrogens is 315 g/mol. The van der Waals surface area contributed by atoms with Gasteiger partial charge in [0.2, 0.25) is 0 Å². The zero-order chi connectivity index (χ0) is 17.4. The van der Waals surface area contributed by atoms with Gasteiger partial charge < -0.3 is 9.47 Å². The third-order valence-corrected chi connectivity index (χ3v) is 4.82. The van der Waals surface area contributed by atoms with Gasteiger partial charge in [-0.3, -0.25) is 4.79 Å². The Kier molecular flexibility index (Phi) is 3.88. The summed E-state index contributed by atoms with van der Waals surface area (Å²) in [4.78, 5) is 15.1. The molecule has 0 saturated heterocycles. The Morgan fingerprint density at radius 3 is 2.60 bits per heavy atom. The van der Waals surface area contributed by atoms with Crippen molar-refractivity contribution in [2.45, 2.75) is 19.5 Å². The number of benzene rings is 2. The number of aryl methyl sites for hydroxylation is 1. The van der Waals surface area contributed by atoms with E-state index < -0.39 is 0 Å². The van der Waals surface area contributed by atoms with Crippen molar-refractivity contribution in [1.29, 1.82) is 0 Å². The number of carbonyl (C=O) groups excluding carboxylic acids is 1. The van der Waals surface area contributed by atoms with Gasteiger partial charge in [0.25, 0.3) is 5.91 Å². The number of hydrogen-bond acceptors (Lipinski definition) is 1. The summed E-state index contributed by atoms with van der Waals surface area (Å²) >= 11 is 0. The van der Waals surface area contributed by atoms with Crippen molar-refractivity contribution in [3.63, 3.8) is 0 Å². The number of rotatable bonds is 2. The third kappa shape index (κ3) is 2.74. The Labute approximate surface area is 146 Å². The molecule has 2 heterocycles. The molecule has 0 aliphatic carbocycles. The van der Waals surface area contributed by atoms with Crippen LogP contribution in [0.25, 0.3) is 0 Å². The van der Waals surface area contributed by atoms with Crippen LogP contribution in [-0.2, 0) is 6.54 Å². The minimum atomic E-state index is -0.288. The number of hydrogen-bond donors (Lipinski definition) is 0. The van der Waals surface area contributed by atoms with Gasteiger partial charge in [-0.05, 0) is 48.4 Å². The van der Waals surface area contributed by atoms with Gasteiger partial charge in [0.1, 0.15) is 5.82 Å². The lowest BCUT2D eigenvalue weighted by atomic mass is 9.98. The number of halogens is 1. The molecule has 4 rings (SSSR count). The van der Waals surface area contributed by atoms with Crippen LogP contribution in [0.15, 0.2) is 66.9 Å². The second kappa shape index (κ2) is 6.20. The number of aromatic nitrogens is 1. The minimum absolute atomic E-state index is 0.0654. The van der Waals surface area contributed by atoms with Gasteiger partial charge in [0.15, 0.2) is 0 Å². The van der Waals surface area contributed by atoms with E-state index >= 15 is 0 Å². The van der Waals surface area contributed by atoms with Crippen LogP contribution in [0, 0.1) is 12.7 Å². The molecule has 25 heavy (non-hydrogen) atoms. The fraction of sp³-hybridized carbons (Fsp3) is 0.190. The standard InChI is InChI=1S/C21H19FN2O/c1-15-14-17(9-10-18(15)22)21(25)24-13-12-23-11-5-8-19(23)20(24)16-6-3-2-4-7-16/h2-11,14,20H,12-13H2,1H3/t20-/m1/s1. The fourth-order valence-corrected chi connectivity index (χ4v) is 3.53. The fourth-order valence-electron chi connectivity index (χ4n) is 3.53. The summed E-state index contributed by atoms with van der Waals surface area (Å²) in [5, 5.41) is 0. The molecule has 0 radical (unpaired) electrons. The molecule has 3 aromatic rings. The molecule has 1 atom stereocenters. The second-order valence-electron chi connectivity index (χ2n) is 6.40. The molecule has 1 aliphatic rings. The predicted molar refractivity (Wildman–Crippen MR) is 94.9 cm³/mol. The normalized spacial score (nSPS) is 16.6. The molecule has 0 N–H and O–H groups in total. The van der Waals surface area contributed by atoms with E-state index in [0.717, 1.165) is 17.8 Å². The van der Waals surface area contributed by atoms with Gasteiger partial charge in [0, 0.05) is 30.5 Å². The van der Waals surface area contributed by atoms with Crippen molar-refractivity contribution >= 4 is 5.91 Å². The molecule has 4 heteroatoms. The second-order valence-corrected chi connectivity index (χ2v) is 6.40. The van der Waals surface area contributed by atoms with Crippen LogP contribution in [0.4, 0.5) is 4.39 Å². The van der Waals surface area contributed by atoms with Crippen LogP contribution in [0.3, 0.4) is 0 Å². The third-order valence-electron chi connectivity index (χ3n) is 4.82. The Morgan fingerprint density at radius 1 is 1.04 bits per heavy atom. The number of fused-ring (bicyclic) bond motifs is 1. The van der Waals surface area contributed by atoms with E-state index in [1.54, 1.807) is 19.1 Å². The first-order valence-electron chi connectivity index (χ1n) is 8.42. The Hall–Kier alpha value is -2.88. The van der Waals surface area contributed by atoms with Gasteiger partial charge in [-0.15, -0.1) is 0 Å². The zero-order valence-corrected chi connectivity index (χ0v) is 14.0. The SMILES string of the molecule is Cc1cc(C(=O)N2CCn3cccc3[C@H]2c2ccccc2)ccc1F. The molecule has 1 aromatic heterocycles. The summed E-state index contributed by atoms with van der Waals surface area (Å²) in [6, 6.07) is 18.6. The van der Waals surface area contributed by atoms with Crippen molar-refractivity contribution in [3.05, 3.63) is 95.1 Å². The van der Waals surface area contributed by atoms with E-state index in [2.05, 4.69) is 16.8 Å². The highest BCUT2D eigenvalue weighted by Crippen LogP contribution is 2.33. The molecule has 0 fully saturated rings. The molecule has 2 aromatic carbocycles. The van der Waals surface area contributed by atoms with Crippen molar-refractivity contribution in [2.24, 2.45) is 0 Å². The monoisotopic (exact) mass is 334 g/mol. The van der Waals surface area contributed by atoms with Crippen LogP contribution in [0.1, 0.15) is 33.2 Å². The lowest BCUT2D eigenvalue weighted by Crippen LogP contribution is -2.42. The van der Waals surface area contributed by atoms with Crippen LogP contribution >= 0.6 is 0 Å². The van der Waals surface area contributed by atoms with E-state index in [9.17, 15) is 9.18 Å². The summed E-state index contributed by atoms with van der Waals surface area (Å²) in [5.74, 6) is -0.354. The first-order chi connectivity index (χ1) is 12.1. The molecule has 1 amide bonds. The average molecular weight is 334 g/mol. The van der Waals surface area contributed by atoms with Gasteiger partial charge in [-0.2, -0.15) is 0 Å². The summed E-state index contributed by atoms with van der Waals surface area (Å²) in [6.45, 7) is 3.07. The average Bonchev–Trinajstić information content (AvgIpc) is 3.12. The van der Waals surface area contributed by atoms with Crippen molar-refractivity contribution in [3.8, 4) is 0 Å². The topological polar surface area (TPSA) is 25.2 Å². The highest BCUT2D eigenvalue weighted by molar-refractivity contribution is 5.95. The molecular formula is C21H19FN2O. The summed E-state index contributed by atoms with van der Waals surface area (Å²) < 4.78 is 15.8. The molecule has 3 nitrogen and oxygen atoms in total. The molecule has 0 unspecified atom stereocenters. The molecule has 126 valence electrons. The van der Waals surface area contributed by atoms with Crippen LogP contribution < -0.4 is 0 Å². The van der Waals surface area contributed by atoms with E-state index in [4.69, 9.17) is 0 Å². The van der Waals surface area contributed by atoms with E-state index in [-0.39, 0.29) is 17.8 Å². The Balaban J connectivity index is 1.77. The first kappa shape index (κ1) is 15.6. The van der Waals surface area contributed by atoms with E-state index in [0.29, 0.717) is 17.7 Å². The van der Waals surface area contributed by atoms with Crippen molar-refractivity contribution < 1.29 is 9.18 Å². The lowest BCUT2D eigenvalue weighted by molar-refractivity contribution is 0.0664. The van der Waals surface area contributed by atoms with Crippen molar-refractivity contribution in [2.75, 3.05) is 6.54 Å². The minimum Gasteiger partial charge on any atom is -0.348 e. The number of nitrogens with zero attached hydrogens (tertiary/aromatic N) is 2. The Bertz CT molecular complexity index is 917. The summed E-state index contributed by atoms with van der Waals surface area (Å²) in [6.07, 6.45) is 2.05. The maximum absolute atomic E-state index is 13.6. The van der Waals surface area contributed by atoms with E-state index in [1.807, 2.05) is 41.3 Å². The van der Waals surface area contributed by atoms with Gasteiger partial charge in [-0.25, -0.2) is 4.39 Å². The quantitative estimate of drug-likeness (QED) is 0.690. The summed E-state index contributed by atoms with van der Waals surface area (Å²) in [5.41, 5.74) is 3.20. The van der Waals surface area contributed by atoms with Crippen molar-refractivity contribution in [1.82, 2.24) is 9.47 Å². The molecule has 1 aliphatic heterocycles. The zero-order valence-electron chi connectivity index (χ0n) is 14.0. The molecule has 0 saturated carbocycles. The number of amides is 1. The predicted octanol–water partition coefficient (Wildman–Crippen LogP) is 4.18. The smallest absolute Gasteiger partial charge is 0.254 e. The van der Waals surface area contributed by atoms with Gasteiger partial charge in [-0.1, -0.05) is 30.3 Å². The highest BCUT2D eigenvalue weighted by Gasteiger charge is 2.32. The first-order valence-corrected chi connectivity index (χ1v) is 8.42. The van der Waals surface area contributed by atoms with Gasteiger partial charge in [0.05, 0.1) is 6.04 Å². The number of carbonyl (C=O) groups is 1.